The summed E-state index contributed by atoms with van der Waals surface area (Å²) in [6, 6.07) is 7.92. The molecule has 0 atom stereocenters. The van der Waals surface area contributed by atoms with Crippen molar-refractivity contribution in [2.45, 2.75) is 26.3 Å². The first-order valence-electron chi connectivity index (χ1n) is 6.42. The summed E-state index contributed by atoms with van der Waals surface area (Å²) in [5.74, 6) is 1.68. The maximum atomic E-state index is 11.9. The SMILES string of the molecule is Cc1nc2ccccc2n1CC(=O)NCC1CC1. The van der Waals surface area contributed by atoms with Gasteiger partial charge in [-0.3, -0.25) is 4.79 Å². The molecular formula is C14H17N3O. The number of imidazole rings is 1. The van der Waals surface area contributed by atoms with Crippen LogP contribution in [0.25, 0.3) is 11.0 Å². The summed E-state index contributed by atoms with van der Waals surface area (Å²) in [6.07, 6.45) is 2.51. The molecule has 1 N–H and O–H groups in total. The van der Waals surface area contributed by atoms with Crippen LogP contribution in [0.4, 0.5) is 0 Å². The van der Waals surface area contributed by atoms with Gasteiger partial charge >= 0.3 is 0 Å². The maximum absolute atomic E-state index is 11.9. The highest BCUT2D eigenvalue weighted by atomic mass is 16.1. The molecule has 4 nitrogen and oxygen atoms in total. The largest absolute Gasteiger partial charge is 0.354 e. The van der Waals surface area contributed by atoms with Crippen molar-refractivity contribution in [3.05, 3.63) is 30.1 Å². The first kappa shape index (κ1) is 11.3. The molecule has 2 aromatic rings. The summed E-state index contributed by atoms with van der Waals surface area (Å²) in [5, 5.41) is 2.99. The summed E-state index contributed by atoms with van der Waals surface area (Å²) in [5.41, 5.74) is 1.97. The van der Waals surface area contributed by atoms with E-state index in [1.54, 1.807) is 0 Å². The average molecular weight is 243 g/mol. The zero-order valence-electron chi connectivity index (χ0n) is 10.5. The van der Waals surface area contributed by atoms with Gasteiger partial charge in [0.15, 0.2) is 0 Å². The molecule has 1 aliphatic carbocycles. The van der Waals surface area contributed by atoms with Gasteiger partial charge in [-0.1, -0.05) is 12.1 Å². The Hall–Kier alpha value is -1.84. The number of nitrogens with zero attached hydrogens (tertiary/aromatic N) is 2. The standard InChI is InChI=1S/C14H17N3O/c1-10-16-12-4-2-3-5-13(12)17(10)9-14(18)15-8-11-6-7-11/h2-5,11H,6-9H2,1H3,(H,15,18). The number of rotatable bonds is 4. The number of para-hydroxylation sites is 2. The third-order valence-electron chi connectivity index (χ3n) is 3.43. The Morgan fingerprint density at radius 3 is 3.00 bits per heavy atom. The molecule has 0 saturated heterocycles. The summed E-state index contributed by atoms with van der Waals surface area (Å²) in [4.78, 5) is 16.3. The fourth-order valence-electron chi connectivity index (χ4n) is 2.18. The van der Waals surface area contributed by atoms with E-state index in [4.69, 9.17) is 0 Å². The molecule has 0 unspecified atom stereocenters. The lowest BCUT2D eigenvalue weighted by atomic mass is 10.3. The van der Waals surface area contributed by atoms with Gasteiger partial charge in [0.05, 0.1) is 11.0 Å². The fourth-order valence-corrected chi connectivity index (χ4v) is 2.18. The molecule has 0 bridgehead atoms. The highest BCUT2D eigenvalue weighted by Crippen LogP contribution is 2.27. The molecule has 1 heterocycles. The first-order valence-corrected chi connectivity index (χ1v) is 6.42. The second-order valence-electron chi connectivity index (χ2n) is 4.98. The van der Waals surface area contributed by atoms with E-state index in [1.165, 1.54) is 12.8 Å². The number of amides is 1. The van der Waals surface area contributed by atoms with Gasteiger partial charge in [0.2, 0.25) is 5.91 Å². The first-order chi connectivity index (χ1) is 8.74. The summed E-state index contributed by atoms with van der Waals surface area (Å²) < 4.78 is 1.97. The third kappa shape index (κ3) is 2.23. The molecule has 94 valence electrons. The van der Waals surface area contributed by atoms with Crippen molar-refractivity contribution >= 4 is 16.9 Å². The summed E-state index contributed by atoms with van der Waals surface area (Å²) >= 11 is 0. The highest BCUT2D eigenvalue weighted by Gasteiger charge is 2.21. The maximum Gasteiger partial charge on any atom is 0.240 e. The predicted octanol–water partition coefficient (Wildman–Crippen LogP) is 1.87. The van der Waals surface area contributed by atoms with Crippen LogP contribution in [-0.4, -0.2) is 22.0 Å². The third-order valence-corrected chi connectivity index (χ3v) is 3.43. The lowest BCUT2D eigenvalue weighted by Crippen LogP contribution is -2.29. The van der Waals surface area contributed by atoms with Gasteiger partial charge in [-0.15, -0.1) is 0 Å². The van der Waals surface area contributed by atoms with Crippen LogP contribution in [-0.2, 0) is 11.3 Å². The minimum absolute atomic E-state index is 0.0770. The van der Waals surface area contributed by atoms with E-state index in [0.29, 0.717) is 6.54 Å². The smallest absolute Gasteiger partial charge is 0.240 e. The molecule has 1 saturated carbocycles. The Morgan fingerprint density at radius 2 is 2.22 bits per heavy atom. The van der Waals surface area contributed by atoms with E-state index in [9.17, 15) is 4.79 Å². The molecule has 1 aromatic carbocycles. The van der Waals surface area contributed by atoms with Crippen molar-refractivity contribution in [3.8, 4) is 0 Å². The van der Waals surface area contributed by atoms with Gasteiger partial charge in [-0.05, 0) is 37.8 Å². The second-order valence-corrected chi connectivity index (χ2v) is 4.98. The molecule has 1 fully saturated rings. The molecule has 4 heteroatoms. The van der Waals surface area contributed by atoms with E-state index in [2.05, 4.69) is 10.3 Å². The molecule has 1 aliphatic rings. The van der Waals surface area contributed by atoms with Gasteiger partial charge in [-0.25, -0.2) is 4.98 Å². The number of hydrogen-bond acceptors (Lipinski definition) is 2. The van der Waals surface area contributed by atoms with E-state index < -0.39 is 0 Å². The van der Waals surface area contributed by atoms with Gasteiger partial charge in [-0.2, -0.15) is 0 Å². The van der Waals surface area contributed by atoms with Crippen molar-refractivity contribution < 1.29 is 4.79 Å². The Bertz CT molecular complexity index is 584. The lowest BCUT2D eigenvalue weighted by Gasteiger charge is -2.07. The van der Waals surface area contributed by atoms with Crippen molar-refractivity contribution in [3.63, 3.8) is 0 Å². The molecule has 18 heavy (non-hydrogen) atoms. The highest BCUT2D eigenvalue weighted by molar-refractivity contribution is 5.81. The predicted molar refractivity (Wildman–Crippen MR) is 70.2 cm³/mol. The molecule has 0 aliphatic heterocycles. The van der Waals surface area contributed by atoms with Crippen LogP contribution in [0.3, 0.4) is 0 Å². The molecule has 1 aromatic heterocycles. The van der Waals surface area contributed by atoms with E-state index in [1.807, 2.05) is 35.8 Å². The second kappa shape index (κ2) is 4.44. The van der Waals surface area contributed by atoms with E-state index in [0.717, 1.165) is 29.3 Å². The number of carbonyl (C=O) groups is 1. The Kier molecular flexibility index (Phi) is 2.78. The number of fused-ring (bicyclic) bond motifs is 1. The minimum Gasteiger partial charge on any atom is -0.354 e. The zero-order valence-corrected chi connectivity index (χ0v) is 10.5. The van der Waals surface area contributed by atoms with Crippen LogP contribution in [0, 0.1) is 12.8 Å². The zero-order chi connectivity index (χ0) is 12.5. The normalized spacial score (nSPS) is 14.9. The minimum atomic E-state index is 0.0770. The number of carbonyl (C=O) groups excluding carboxylic acids is 1. The van der Waals surface area contributed by atoms with Crippen LogP contribution >= 0.6 is 0 Å². The van der Waals surface area contributed by atoms with Crippen LogP contribution in [0.5, 0.6) is 0 Å². The Labute approximate surface area is 106 Å². The number of benzene rings is 1. The average Bonchev–Trinajstić information content (AvgIpc) is 3.14. The van der Waals surface area contributed by atoms with Crippen LogP contribution in [0.15, 0.2) is 24.3 Å². The fraction of sp³-hybridized carbons (Fsp3) is 0.429. The van der Waals surface area contributed by atoms with Crippen molar-refractivity contribution in [2.24, 2.45) is 5.92 Å². The van der Waals surface area contributed by atoms with Crippen molar-refractivity contribution in [1.82, 2.24) is 14.9 Å². The van der Waals surface area contributed by atoms with Gasteiger partial charge in [0, 0.05) is 6.54 Å². The van der Waals surface area contributed by atoms with Crippen molar-refractivity contribution in [1.29, 1.82) is 0 Å². The van der Waals surface area contributed by atoms with Crippen LogP contribution in [0.1, 0.15) is 18.7 Å². The molecule has 0 radical (unpaired) electrons. The quantitative estimate of drug-likeness (QED) is 0.891. The number of nitrogens with one attached hydrogen (secondary N) is 1. The summed E-state index contributed by atoms with van der Waals surface area (Å²) in [7, 11) is 0. The van der Waals surface area contributed by atoms with E-state index in [-0.39, 0.29) is 5.91 Å². The molecule has 3 rings (SSSR count). The van der Waals surface area contributed by atoms with E-state index >= 15 is 0 Å². The topological polar surface area (TPSA) is 46.9 Å². The van der Waals surface area contributed by atoms with Gasteiger partial charge < -0.3 is 9.88 Å². The Morgan fingerprint density at radius 1 is 1.44 bits per heavy atom. The number of aryl methyl sites for hydroxylation is 1. The monoisotopic (exact) mass is 243 g/mol. The Balaban J connectivity index is 1.76. The lowest BCUT2D eigenvalue weighted by molar-refractivity contribution is -0.121. The molecular weight excluding hydrogens is 226 g/mol. The molecule has 0 spiro atoms. The van der Waals surface area contributed by atoms with Gasteiger partial charge in [0.1, 0.15) is 12.4 Å². The summed E-state index contributed by atoms with van der Waals surface area (Å²) in [6.45, 7) is 3.12. The molecule has 1 amide bonds. The van der Waals surface area contributed by atoms with Crippen LogP contribution in [0.2, 0.25) is 0 Å². The van der Waals surface area contributed by atoms with Gasteiger partial charge in [0.25, 0.3) is 0 Å². The van der Waals surface area contributed by atoms with Crippen molar-refractivity contribution in [2.75, 3.05) is 6.54 Å². The number of aromatic nitrogens is 2. The number of hydrogen-bond donors (Lipinski definition) is 1. The van der Waals surface area contributed by atoms with Crippen LogP contribution < -0.4 is 5.32 Å².